The molecule has 2 N–H and O–H groups in total. The Balaban J connectivity index is 2.69. The predicted octanol–water partition coefficient (Wildman–Crippen LogP) is 2.22. The van der Waals surface area contributed by atoms with E-state index in [1.54, 1.807) is 0 Å². The molecule has 0 aromatic heterocycles. The maximum Gasteiger partial charge on any atom is 0.416 e. The number of hydrogen-bond donors (Lipinski definition) is 2. The van der Waals surface area contributed by atoms with Crippen LogP contribution < -0.4 is 5.32 Å². The monoisotopic (exact) mass is 273 g/mol. The highest BCUT2D eigenvalue weighted by Crippen LogP contribution is 2.29. The molecule has 1 aromatic rings. The smallest absolute Gasteiger partial charge is 0.392 e. The summed E-state index contributed by atoms with van der Waals surface area (Å²) < 4.78 is 37.3. The van der Waals surface area contributed by atoms with E-state index in [0.717, 1.165) is 18.2 Å². The molecule has 19 heavy (non-hydrogen) atoms. The van der Waals surface area contributed by atoms with Crippen LogP contribution in [0.2, 0.25) is 0 Å². The van der Waals surface area contributed by atoms with E-state index in [9.17, 15) is 18.0 Å². The summed E-state index contributed by atoms with van der Waals surface area (Å²) in [5, 5.41) is 11.3. The van der Waals surface area contributed by atoms with Gasteiger partial charge in [-0.25, -0.2) is 0 Å². The van der Waals surface area contributed by atoms with Crippen molar-refractivity contribution in [1.82, 2.24) is 5.32 Å². The summed E-state index contributed by atoms with van der Waals surface area (Å²) in [5.41, 5.74) is -0.485. The minimum atomic E-state index is -4.40. The van der Waals surface area contributed by atoms with E-state index in [1.807, 2.05) is 0 Å². The summed E-state index contributed by atoms with van der Waals surface area (Å²) in [7, 11) is 0. The second-order valence-corrected chi connectivity index (χ2v) is 4.05. The Bertz CT molecular complexity index is 467. The van der Waals surface area contributed by atoms with Crippen LogP contribution in [0.1, 0.15) is 18.1 Å². The van der Waals surface area contributed by atoms with Gasteiger partial charge in [-0.15, -0.1) is 0 Å². The maximum absolute atomic E-state index is 12.4. The molecule has 0 saturated heterocycles. The Morgan fingerprint density at radius 3 is 2.74 bits per heavy atom. The summed E-state index contributed by atoms with van der Waals surface area (Å²) in [6.07, 6.45) is -2.67. The van der Waals surface area contributed by atoms with E-state index in [4.69, 9.17) is 5.11 Å². The van der Waals surface area contributed by atoms with Crippen molar-refractivity contribution in [3.05, 3.63) is 41.5 Å². The number of aliphatic hydroxyl groups excluding tert-OH is 1. The fourth-order valence-corrected chi connectivity index (χ4v) is 1.30. The second kappa shape index (κ2) is 6.38. The lowest BCUT2D eigenvalue weighted by molar-refractivity contribution is -0.137. The van der Waals surface area contributed by atoms with Crippen molar-refractivity contribution in [1.29, 1.82) is 0 Å². The number of amides is 1. The first kappa shape index (κ1) is 15.2. The molecule has 6 heteroatoms. The first-order valence-corrected chi connectivity index (χ1v) is 5.60. The zero-order chi connectivity index (χ0) is 14.5. The van der Waals surface area contributed by atoms with Gasteiger partial charge in [0.25, 0.3) is 0 Å². The van der Waals surface area contributed by atoms with Gasteiger partial charge in [-0.2, -0.15) is 13.2 Å². The lowest BCUT2D eigenvalue weighted by atomic mass is 10.1. The minimum absolute atomic E-state index is 0.0891. The SMILES string of the molecule is CC(O)CNC(=O)/C=C/c1cccc(C(F)(F)F)c1. The summed E-state index contributed by atoms with van der Waals surface area (Å²) >= 11 is 0. The van der Waals surface area contributed by atoms with Crippen LogP contribution in [0.25, 0.3) is 6.08 Å². The lowest BCUT2D eigenvalue weighted by Gasteiger charge is -2.07. The van der Waals surface area contributed by atoms with E-state index in [2.05, 4.69) is 5.32 Å². The van der Waals surface area contributed by atoms with Crippen LogP contribution in [0.15, 0.2) is 30.3 Å². The molecule has 0 aliphatic rings. The molecular weight excluding hydrogens is 259 g/mol. The molecule has 104 valence electrons. The van der Waals surface area contributed by atoms with Crippen LogP contribution in [-0.2, 0) is 11.0 Å². The summed E-state index contributed by atoms with van der Waals surface area (Å²) in [6.45, 7) is 1.60. The number of hydrogen-bond acceptors (Lipinski definition) is 2. The summed E-state index contributed by atoms with van der Waals surface area (Å²) in [5.74, 6) is -0.474. The van der Waals surface area contributed by atoms with E-state index < -0.39 is 23.8 Å². The van der Waals surface area contributed by atoms with Gasteiger partial charge in [0.2, 0.25) is 5.91 Å². The lowest BCUT2D eigenvalue weighted by Crippen LogP contribution is -2.28. The fourth-order valence-electron chi connectivity index (χ4n) is 1.30. The third-order valence-corrected chi connectivity index (χ3v) is 2.21. The Hall–Kier alpha value is -1.82. The Morgan fingerprint density at radius 1 is 1.47 bits per heavy atom. The highest BCUT2D eigenvalue weighted by Gasteiger charge is 2.30. The molecule has 1 aromatic carbocycles. The molecule has 1 atom stereocenters. The van der Waals surface area contributed by atoms with Gasteiger partial charge in [0.15, 0.2) is 0 Å². The quantitative estimate of drug-likeness (QED) is 0.826. The van der Waals surface area contributed by atoms with Gasteiger partial charge in [0.05, 0.1) is 11.7 Å². The predicted molar refractivity (Wildman–Crippen MR) is 65.2 cm³/mol. The van der Waals surface area contributed by atoms with Crippen LogP contribution in [0.5, 0.6) is 0 Å². The summed E-state index contributed by atoms with van der Waals surface area (Å²) in [6, 6.07) is 4.66. The van der Waals surface area contributed by atoms with Crippen molar-refractivity contribution in [2.45, 2.75) is 19.2 Å². The minimum Gasteiger partial charge on any atom is -0.392 e. The normalized spacial score (nSPS) is 13.5. The average Bonchev–Trinajstić information content (AvgIpc) is 2.33. The molecule has 0 aliphatic heterocycles. The van der Waals surface area contributed by atoms with Gasteiger partial charge in [-0.05, 0) is 30.7 Å². The molecule has 0 bridgehead atoms. The van der Waals surface area contributed by atoms with Crippen molar-refractivity contribution in [2.75, 3.05) is 6.54 Å². The third-order valence-electron chi connectivity index (χ3n) is 2.21. The zero-order valence-electron chi connectivity index (χ0n) is 10.2. The first-order valence-electron chi connectivity index (χ1n) is 5.60. The number of aliphatic hydroxyl groups is 1. The Kier molecular flexibility index (Phi) is 5.11. The van der Waals surface area contributed by atoms with Gasteiger partial charge < -0.3 is 10.4 Å². The van der Waals surface area contributed by atoms with Gasteiger partial charge >= 0.3 is 6.18 Å². The second-order valence-electron chi connectivity index (χ2n) is 4.05. The Morgan fingerprint density at radius 2 is 2.16 bits per heavy atom. The van der Waals surface area contributed by atoms with Crippen molar-refractivity contribution in [3.63, 3.8) is 0 Å². The number of carbonyl (C=O) groups excluding carboxylic acids is 1. The Labute approximate surface area is 108 Å². The number of halogens is 3. The van der Waals surface area contributed by atoms with Crippen LogP contribution in [0.3, 0.4) is 0 Å². The van der Waals surface area contributed by atoms with Crippen LogP contribution in [0, 0.1) is 0 Å². The highest BCUT2D eigenvalue weighted by molar-refractivity contribution is 5.91. The molecule has 0 aliphatic carbocycles. The molecule has 0 saturated carbocycles. The van der Waals surface area contributed by atoms with Crippen molar-refractivity contribution >= 4 is 12.0 Å². The molecular formula is C13H14F3NO2. The molecule has 0 heterocycles. The standard InChI is InChI=1S/C13H14F3NO2/c1-9(18)8-17-12(19)6-5-10-3-2-4-11(7-10)13(14,15)16/h2-7,9,18H,8H2,1H3,(H,17,19)/b6-5+. The number of alkyl halides is 3. The fraction of sp³-hybridized carbons (Fsp3) is 0.308. The average molecular weight is 273 g/mol. The van der Waals surface area contributed by atoms with Crippen molar-refractivity contribution in [2.24, 2.45) is 0 Å². The molecule has 1 unspecified atom stereocenters. The first-order chi connectivity index (χ1) is 8.79. The molecule has 1 rings (SSSR count). The molecule has 3 nitrogen and oxygen atoms in total. The van der Waals surface area contributed by atoms with Gasteiger partial charge in [0.1, 0.15) is 0 Å². The molecule has 0 radical (unpaired) electrons. The highest BCUT2D eigenvalue weighted by atomic mass is 19.4. The van der Waals surface area contributed by atoms with Crippen LogP contribution in [-0.4, -0.2) is 23.7 Å². The largest absolute Gasteiger partial charge is 0.416 e. The summed E-state index contributed by atoms with van der Waals surface area (Å²) in [4.78, 5) is 11.3. The molecule has 1 amide bonds. The van der Waals surface area contributed by atoms with Crippen LogP contribution >= 0.6 is 0 Å². The maximum atomic E-state index is 12.4. The van der Waals surface area contributed by atoms with E-state index in [-0.39, 0.29) is 12.1 Å². The zero-order valence-corrected chi connectivity index (χ0v) is 10.2. The number of carbonyl (C=O) groups is 1. The topological polar surface area (TPSA) is 49.3 Å². The van der Waals surface area contributed by atoms with Crippen molar-refractivity contribution < 1.29 is 23.1 Å². The number of rotatable bonds is 4. The number of benzene rings is 1. The van der Waals surface area contributed by atoms with Crippen molar-refractivity contribution in [3.8, 4) is 0 Å². The number of nitrogens with one attached hydrogen (secondary N) is 1. The van der Waals surface area contributed by atoms with E-state index in [0.29, 0.717) is 0 Å². The van der Waals surface area contributed by atoms with E-state index in [1.165, 1.54) is 25.1 Å². The van der Waals surface area contributed by atoms with Crippen LogP contribution in [0.4, 0.5) is 13.2 Å². The van der Waals surface area contributed by atoms with E-state index >= 15 is 0 Å². The third kappa shape index (κ3) is 5.56. The molecule has 0 fully saturated rings. The molecule has 0 spiro atoms. The van der Waals surface area contributed by atoms with Gasteiger partial charge in [-0.1, -0.05) is 12.1 Å². The van der Waals surface area contributed by atoms with Gasteiger partial charge in [0, 0.05) is 12.6 Å². The van der Waals surface area contributed by atoms with Gasteiger partial charge in [-0.3, -0.25) is 4.79 Å².